The van der Waals surface area contributed by atoms with Gasteiger partial charge < -0.3 is 19.6 Å². The minimum absolute atomic E-state index is 0.0397. The van der Waals surface area contributed by atoms with E-state index in [1.165, 1.54) is 0 Å². The van der Waals surface area contributed by atoms with Gasteiger partial charge in [-0.1, -0.05) is 42.5 Å². The lowest BCUT2D eigenvalue weighted by atomic mass is 10.1. The maximum atomic E-state index is 13.0. The Labute approximate surface area is 187 Å². The molecule has 1 atom stereocenters. The highest BCUT2D eigenvalue weighted by Gasteiger charge is 2.21. The molecule has 0 bridgehead atoms. The number of ether oxygens (including phenoxy) is 1. The van der Waals surface area contributed by atoms with Gasteiger partial charge >= 0.3 is 0 Å². The predicted molar refractivity (Wildman–Crippen MR) is 126 cm³/mol. The Bertz CT molecular complexity index is 1240. The first kappa shape index (κ1) is 20.6. The number of imidazole rings is 1. The van der Waals surface area contributed by atoms with Crippen molar-refractivity contribution in [1.29, 1.82) is 0 Å². The van der Waals surface area contributed by atoms with Crippen LogP contribution >= 0.6 is 8.30 Å². The van der Waals surface area contributed by atoms with Crippen molar-refractivity contribution >= 4 is 30.8 Å². The van der Waals surface area contributed by atoms with E-state index < -0.39 is 8.30 Å². The van der Waals surface area contributed by atoms with Gasteiger partial charge in [0, 0.05) is 30.3 Å². The molecule has 1 fully saturated rings. The molecule has 1 amide bonds. The summed E-state index contributed by atoms with van der Waals surface area (Å²) in [5.74, 6) is -0.0397. The molecule has 2 N–H and O–H groups in total. The molecule has 1 aliphatic heterocycles. The Kier molecular flexibility index (Phi) is 5.86. The first-order chi connectivity index (χ1) is 15.7. The van der Waals surface area contributed by atoms with Gasteiger partial charge in [-0.15, -0.1) is 0 Å². The van der Waals surface area contributed by atoms with Gasteiger partial charge in [0.2, 0.25) is 0 Å². The van der Waals surface area contributed by atoms with Crippen molar-refractivity contribution in [2.75, 3.05) is 31.4 Å². The summed E-state index contributed by atoms with van der Waals surface area (Å²) in [6.07, 6.45) is 3.57. The van der Waals surface area contributed by atoms with Gasteiger partial charge in [0.1, 0.15) is 11.3 Å². The molecule has 162 valence electrons. The van der Waals surface area contributed by atoms with Crippen molar-refractivity contribution in [2.24, 2.45) is 0 Å². The number of benzene rings is 2. The number of carbonyl (C=O) groups is 1. The Morgan fingerprint density at radius 2 is 1.81 bits per heavy atom. The Hall–Kier alpha value is -3.25. The third-order valence-electron chi connectivity index (χ3n) is 5.45. The molecule has 1 unspecified atom stereocenters. The Morgan fingerprint density at radius 1 is 1.00 bits per heavy atom. The molecular weight excluding hydrogens is 423 g/mol. The molecule has 0 radical (unpaired) electrons. The molecule has 0 aliphatic carbocycles. The summed E-state index contributed by atoms with van der Waals surface area (Å²) in [6.45, 7) is 2.30. The molecule has 4 aromatic rings. The van der Waals surface area contributed by atoms with Crippen LogP contribution in [0.1, 0.15) is 10.5 Å². The highest BCUT2D eigenvalue weighted by Crippen LogP contribution is 2.32. The van der Waals surface area contributed by atoms with Gasteiger partial charge in [0.05, 0.1) is 19.4 Å². The zero-order chi connectivity index (χ0) is 21.9. The molecule has 7 nitrogen and oxygen atoms in total. The number of anilines is 1. The lowest BCUT2D eigenvalue weighted by molar-refractivity contribution is 0.0298. The number of nitrogens with one attached hydrogen (secondary N) is 1. The molecule has 3 heterocycles. The van der Waals surface area contributed by atoms with E-state index in [0.29, 0.717) is 32.0 Å². The summed E-state index contributed by atoms with van der Waals surface area (Å²) in [5.41, 5.74) is 4.03. The zero-order valence-electron chi connectivity index (χ0n) is 17.4. The molecule has 1 aliphatic rings. The first-order valence-electron chi connectivity index (χ1n) is 10.4. The largest absolute Gasteiger partial charge is 0.378 e. The number of morpholine rings is 1. The zero-order valence-corrected chi connectivity index (χ0v) is 18.3. The van der Waals surface area contributed by atoms with E-state index in [4.69, 9.17) is 4.74 Å². The minimum Gasteiger partial charge on any atom is -0.378 e. The van der Waals surface area contributed by atoms with E-state index in [1.807, 2.05) is 77.3 Å². The Morgan fingerprint density at radius 3 is 2.62 bits per heavy atom. The van der Waals surface area contributed by atoms with E-state index in [0.717, 1.165) is 27.8 Å². The summed E-state index contributed by atoms with van der Waals surface area (Å²) in [5, 5.41) is 4.06. The Balaban J connectivity index is 1.42. The summed E-state index contributed by atoms with van der Waals surface area (Å²) >= 11 is 0. The lowest BCUT2D eigenvalue weighted by Gasteiger charge is -2.26. The smallest absolute Gasteiger partial charge is 0.272 e. The lowest BCUT2D eigenvalue weighted by Crippen LogP contribution is -2.41. The molecular formula is C24H23N4O3P. The van der Waals surface area contributed by atoms with Crippen molar-refractivity contribution in [3.05, 3.63) is 84.8 Å². The second-order valence-corrected chi connectivity index (χ2v) is 8.90. The molecule has 2 aromatic heterocycles. The van der Waals surface area contributed by atoms with E-state index in [-0.39, 0.29) is 5.91 Å². The maximum absolute atomic E-state index is 13.0. The molecule has 0 saturated carbocycles. The number of hydrogen-bond acceptors (Lipinski definition) is 5. The van der Waals surface area contributed by atoms with Gasteiger partial charge in [-0.3, -0.25) is 9.20 Å². The van der Waals surface area contributed by atoms with Crippen molar-refractivity contribution in [1.82, 2.24) is 14.3 Å². The third kappa shape index (κ3) is 4.23. The molecule has 0 spiro atoms. The van der Waals surface area contributed by atoms with Crippen LogP contribution in [0.15, 0.2) is 79.1 Å². The average molecular weight is 446 g/mol. The van der Waals surface area contributed by atoms with Crippen molar-refractivity contribution in [2.45, 2.75) is 0 Å². The second kappa shape index (κ2) is 9.09. The quantitative estimate of drug-likeness (QED) is 0.459. The van der Waals surface area contributed by atoms with Gasteiger partial charge in [-0.05, 0) is 35.4 Å². The molecule has 1 saturated heterocycles. The van der Waals surface area contributed by atoms with Crippen molar-refractivity contribution < 1.29 is 14.4 Å². The van der Waals surface area contributed by atoms with Crippen LogP contribution in [0.25, 0.3) is 16.8 Å². The van der Waals surface area contributed by atoms with Crippen LogP contribution in [-0.2, 0) is 4.74 Å². The highest BCUT2D eigenvalue weighted by molar-refractivity contribution is 7.61. The molecule has 8 heteroatoms. The molecule has 32 heavy (non-hydrogen) atoms. The maximum Gasteiger partial charge on any atom is 0.272 e. The summed E-state index contributed by atoms with van der Waals surface area (Å²) < 4.78 is 7.20. The van der Waals surface area contributed by atoms with E-state index in [1.54, 1.807) is 11.1 Å². The number of nitrogens with zero attached hydrogens (tertiary/aromatic N) is 3. The minimum atomic E-state index is -1.50. The number of rotatable bonds is 5. The fraction of sp³-hybridized carbons (Fsp3) is 0.167. The molecule has 2 aromatic carbocycles. The van der Waals surface area contributed by atoms with E-state index in [2.05, 4.69) is 10.1 Å². The van der Waals surface area contributed by atoms with Gasteiger partial charge in [0.15, 0.2) is 8.30 Å². The fourth-order valence-corrected chi connectivity index (χ4v) is 4.73. The number of carbonyl (C=O) groups excluding carboxylic acids is 1. The van der Waals surface area contributed by atoms with Crippen LogP contribution in [0.5, 0.6) is 0 Å². The average Bonchev–Trinajstić information content (AvgIpc) is 3.28. The number of aromatic nitrogens is 2. The third-order valence-corrected chi connectivity index (χ3v) is 6.71. The highest BCUT2D eigenvalue weighted by atomic mass is 31.2. The van der Waals surface area contributed by atoms with E-state index >= 15 is 0 Å². The number of fused-ring (bicyclic) bond motifs is 1. The van der Waals surface area contributed by atoms with Gasteiger partial charge in [-0.2, -0.15) is 0 Å². The summed E-state index contributed by atoms with van der Waals surface area (Å²) in [7, 11) is -1.50. The van der Waals surface area contributed by atoms with Crippen LogP contribution in [-0.4, -0.2) is 51.4 Å². The van der Waals surface area contributed by atoms with Crippen LogP contribution < -0.4 is 10.4 Å². The summed E-state index contributed by atoms with van der Waals surface area (Å²) in [6, 6.07) is 21.3. The number of amides is 1. The van der Waals surface area contributed by atoms with Crippen LogP contribution in [0.4, 0.5) is 5.69 Å². The molecule has 5 rings (SSSR count). The summed E-state index contributed by atoms with van der Waals surface area (Å²) in [4.78, 5) is 29.8. The monoisotopic (exact) mass is 446 g/mol. The topological polar surface area (TPSA) is 79.1 Å². The van der Waals surface area contributed by atoms with Gasteiger partial charge in [-0.25, -0.2) is 4.98 Å². The number of hydrogen-bond donors (Lipinski definition) is 2. The van der Waals surface area contributed by atoms with Crippen molar-refractivity contribution in [3.63, 3.8) is 0 Å². The van der Waals surface area contributed by atoms with Crippen LogP contribution in [0.3, 0.4) is 0 Å². The fourth-order valence-electron chi connectivity index (χ4n) is 3.76. The second-order valence-electron chi connectivity index (χ2n) is 7.53. The first-order valence-corrected chi connectivity index (χ1v) is 11.7. The van der Waals surface area contributed by atoms with Crippen LogP contribution in [0.2, 0.25) is 0 Å². The predicted octanol–water partition coefficient (Wildman–Crippen LogP) is 3.52. The van der Waals surface area contributed by atoms with Crippen LogP contribution in [0, 0.1) is 0 Å². The standard InChI is InChI=1S/C24H23N4O3P/c29-24(27-11-13-31-14-12-27)22-16-25-23-10-9-19(17-28(22)23)18-5-4-6-20(15-18)26-32(30)21-7-2-1-3-8-21/h1-10,15-17,26,30H,11-14H2. The SMILES string of the molecule is O=C(c1cnc2ccc(-c3cccc(NP(O)c4ccccc4)c3)cn12)N1CCOCC1. The van der Waals surface area contributed by atoms with Crippen molar-refractivity contribution in [3.8, 4) is 11.1 Å². The number of pyridine rings is 1. The normalized spacial score (nSPS) is 15.0. The van der Waals surface area contributed by atoms with E-state index in [9.17, 15) is 9.69 Å². The van der Waals surface area contributed by atoms with Gasteiger partial charge in [0.25, 0.3) is 5.91 Å².